The molecule has 0 saturated heterocycles. The van der Waals surface area contributed by atoms with Gasteiger partial charge in [-0.3, -0.25) is 4.79 Å². The molecule has 1 aromatic rings. The summed E-state index contributed by atoms with van der Waals surface area (Å²) in [4.78, 5) is 22.9. The van der Waals surface area contributed by atoms with Crippen molar-refractivity contribution in [2.45, 2.75) is 113 Å². The molecule has 0 bridgehead atoms. The van der Waals surface area contributed by atoms with Crippen LogP contribution in [0.15, 0.2) is 30.3 Å². The van der Waals surface area contributed by atoms with Crippen molar-refractivity contribution in [2.24, 2.45) is 62.6 Å². The number of benzene rings is 1. The Morgan fingerprint density at radius 1 is 0.905 bits per heavy atom. The summed E-state index contributed by atoms with van der Waals surface area (Å²) in [5, 5.41) is 10.7. The fourth-order valence-corrected chi connectivity index (χ4v) is 12.8. The Morgan fingerprint density at radius 3 is 2.26 bits per heavy atom. The second-order valence-electron chi connectivity index (χ2n) is 16.8. The highest BCUT2D eigenvalue weighted by molar-refractivity contribution is 5.76. The molecule has 1 aromatic carbocycles. The summed E-state index contributed by atoms with van der Waals surface area (Å²) in [5.41, 5.74) is 4.29. The minimum absolute atomic E-state index is 0.0931. The van der Waals surface area contributed by atoms with Crippen LogP contribution in [0, 0.1) is 62.6 Å². The zero-order valence-corrected chi connectivity index (χ0v) is 27.6. The fraction of sp³-hybridized carbons (Fsp3) is 0.763. The highest BCUT2D eigenvalue weighted by Gasteiger charge is 2.71. The first-order valence-electron chi connectivity index (χ1n) is 17.0. The molecule has 0 unspecified atom stereocenters. The molecule has 4 nitrogen and oxygen atoms in total. The Bertz CT molecular complexity index is 1230. The van der Waals surface area contributed by atoms with E-state index >= 15 is 0 Å². The maximum atomic E-state index is 13.0. The zero-order chi connectivity index (χ0) is 30.3. The molecule has 5 aliphatic carbocycles. The number of hydrogen-bond donors (Lipinski definition) is 1. The lowest BCUT2D eigenvalue weighted by Crippen LogP contribution is -2.66. The van der Waals surface area contributed by atoms with E-state index in [9.17, 15) is 9.90 Å². The third-order valence-corrected chi connectivity index (χ3v) is 15.0. The second kappa shape index (κ2) is 10.2. The summed E-state index contributed by atoms with van der Waals surface area (Å²) in [6, 6.07) is 8.89. The highest BCUT2D eigenvalue weighted by atomic mass is 17.2. The number of carboxylic acid groups (broad SMARTS) is 1. The first kappa shape index (κ1) is 30.4. The van der Waals surface area contributed by atoms with E-state index in [1.165, 1.54) is 36.8 Å². The molecule has 0 aromatic heterocycles. The van der Waals surface area contributed by atoms with E-state index in [0.29, 0.717) is 42.1 Å². The van der Waals surface area contributed by atoms with Crippen molar-refractivity contribution >= 4 is 11.5 Å². The van der Waals surface area contributed by atoms with Gasteiger partial charge in [0.05, 0.1) is 12.5 Å². The molecule has 4 saturated carbocycles. The van der Waals surface area contributed by atoms with Crippen molar-refractivity contribution in [3.05, 3.63) is 41.5 Å². The molecule has 6 rings (SSSR count). The maximum Gasteiger partial charge on any atom is 0.309 e. The Hall–Kier alpha value is -1.65. The second-order valence-corrected chi connectivity index (χ2v) is 16.8. The van der Waals surface area contributed by atoms with Crippen LogP contribution in [0.1, 0.15) is 117 Å². The van der Waals surface area contributed by atoms with E-state index in [2.05, 4.69) is 78.8 Å². The van der Waals surface area contributed by atoms with E-state index in [-0.39, 0.29) is 21.7 Å². The minimum atomic E-state index is -0.494. The molecule has 0 aliphatic heterocycles. The lowest BCUT2D eigenvalue weighted by molar-refractivity contribution is -0.282. The van der Waals surface area contributed by atoms with Crippen molar-refractivity contribution < 1.29 is 19.7 Å². The van der Waals surface area contributed by atoms with Gasteiger partial charge < -0.3 is 5.11 Å². The molecule has 5 aliphatic rings. The van der Waals surface area contributed by atoms with Crippen LogP contribution in [0.2, 0.25) is 0 Å². The van der Waals surface area contributed by atoms with Gasteiger partial charge in [-0.25, -0.2) is 9.78 Å². The Balaban J connectivity index is 1.33. The Labute approximate surface area is 255 Å². The first-order chi connectivity index (χ1) is 19.8. The molecule has 4 heteroatoms. The topological polar surface area (TPSA) is 55.8 Å². The summed E-state index contributed by atoms with van der Waals surface area (Å²) in [5.74, 6) is 2.78. The first-order valence-corrected chi connectivity index (χ1v) is 17.0. The molecule has 0 radical (unpaired) electrons. The summed E-state index contributed by atoms with van der Waals surface area (Å²) >= 11 is 0. The largest absolute Gasteiger partial charge is 0.481 e. The predicted octanol–water partition coefficient (Wildman–Crippen LogP) is 9.58. The molecule has 0 spiro atoms. The quantitative estimate of drug-likeness (QED) is 0.271. The van der Waals surface area contributed by atoms with Crippen LogP contribution in [0.4, 0.5) is 0 Å². The highest BCUT2D eigenvalue weighted by Crippen LogP contribution is 2.77. The third kappa shape index (κ3) is 4.02. The number of allylic oxidation sites excluding steroid dienone is 2. The van der Waals surface area contributed by atoms with Crippen LogP contribution in [0.25, 0.3) is 5.57 Å². The van der Waals surface area contributed by atoms with Crippen molar-refractivity contribution in [3.8, 4) is 0 Å². The van der Waals surface area contributed by atoms with Crippen molar-refractivity contribution in [2.75, 3.05) is 7.11 Å². The van der Waals surface area contributed by atoms with Gasteiger partial charge >= 0.3 is 5.97 Å². The van der Waals surface area contributed by atoms with Gasteiger partial charge in [-0.2, -0.15) is 0 Å². The van der Waals surface area contributed by atoms with Crippen LogP contribution < -0.4 is 0 Å². The van der Waals surface area contributed by atoms with Crippen molar-refractivity contribution in [1.29, 1.82) is 0 Å². The number of rotatable bonds is 6. The van der Waals surface area contributed by atoms with E-state index in [0.717, 1.165) is 37.7 Å². The molecule has 42 heavy (non-hydrogen) atoms. The van der Waals surface area contributed by atoms with Gasteiger partial charge in [0.25, 0.3) is 0 Å². The van der Waals surface area contributed by atoms with E-state index in [1.54, 1.807) is 7.11 Å². The predicted molar refractivity (Wildman–Crippen MR) is 168 cm³/mol. The van der Waals surface area contributed by atoms with Gasteiger partial charge in [-0.05, 0) is 132 Å². The molecule has 9 atom stereocenters. The average molecular weight is 577 g/mol. The van der Waals surface area contributed by atoms with Gasteiger partial charge in [0.2, 0.25) is 0 Å². The monoisotopic (exact) mass is 576 g/mol. The molecule has 0 amide bonds. The summed E-state index contributed by atoms with van der Waals surface area (Å²) in [7, 11) is 1.55. The normalized spacial score (nSPS) is 44.0. The van der Waals surface area contributed by atoms with Gasteiger partial charge in [0, 0.05) is 0 Å². The lowest BCUT2D eigenvalue weighted by atomic mass is 9.32. The van der Waals surface area contributed by atoms with Gasteiger partial charge in [0.1, 0.15) is 6.61 Å². The van der Waals surface area contributed by atoms with Crippen molar-refractivity contribution in [3.63, 3.8) is 0 Å². The molecule has 1 N–H and O–H groups in total. The third-order valence-electron chi connectivity index (χ3n) is 15.0. The van der Waals surface area contributed by atoms with Crippen LogP contribution in [0.5, 0.6) is 0 Å². The van der Waals surface area contributed by atoms with Gasteiger partial charge in [-0.1, -0.05) is 78.8 Å². The van der Waals surface area contributed by atoms with Crippen LogP contribution in [-0.2, 0) is 21.2 Å². The zero-order valence-electron chi connectivity index (χ0n) is 27.6. The molecule has 232 valence electrons. The number of hydrogen-bond acceptors (Lipinski definition) is 3. The smallest absolute Gasteiger partial charge is 0.309 e. The van der Waals surface area contributed by atoms with Gasteiger partial charge in [-0.15, -0.1) is 0 Å². The molecular formula is C38H56O4. The number of fused-ring (bicyclic) bond motifs is 7. The maximum absolute atomic E-state index is 13.0. The summed E-state index contributed by atoms with van der Waals surface area (Å²) in [6.45, 7) is 18.1. The van der Waals surface area contributed by atoms with Gasteiger partial charge in [0.15, 0.2) is 0 Å². The van der Waals surface area contributed by atoms with Crippen LogP contribution in [-0.4, -0.2) is 18.2 Å². The Kier molecular flexibility index (Phi) is 7.37. The summed E-state index contributed by atoms with van der Waals surface area (Å²) in [6.07, 6.45) is 12.7. The number of aliphatic carboxylic acids is 1. The van der Waals surface area contributed by atoms with Crippen LogP contribution >= 0.6 is 0 Å². The van der Waals surface area contributed by atoms with E-state index in [1.807, 2.05) is 0 Å². The average Bonchev–Trinajstić information content (AvgIpc) is 3.34. The summed E-state index contributed by atoms with van der Waals surface area (Å²) < 4.78 is 0. The van der Waals surface area contributed by atoms with Crippen LogP contribution in [0.3, 0.4) is 0 Å². The lowest BCUT2D eigenvalue weighted by Gasteiger charge is -2.72. The number of carboxylic acids is 1. The van der Waals surface area contributed by atoms with E-state index in [4.69, 9.17) is 9.78 Å². The van der Waals surface area contributed by atoms with E-state index < -0.39 is 11.4 Å². The SMILES string of the molecule is COOCc1ccc(C2=CC[C@]3(C)[C@H]4CC[C@@H]5[C@H]6[C@H](C(C)C)CC[C@]6(C(=O)O)CC[C@@]5(C)[C@]4(C)CC[C@H]3C2(C)C)cc1. The molecule has 0 heterocycles. The van der Waals surface area contributed by atoms with Crippen molar-refractivity contribution in [1.82, 2.24) is 0 Å². The standard InChI is InChI=1S/C38H56O4/c1-24(2)27-15-20-38(33(39)40)22-21-36(6)29(32(27)38)13-14-31-35(5)18-16-28(26-11-9-25(10-12-26)23-42-41-8)34(3,4)30(35)17-19-37(31,36)7/h9-12,16,24,27,29-32H,13-15,17-23H2,1-8H3,(H,39,40)/t27-,29+,30-,31+,32+,35-,36+,37+,38-/m0/s1. The molecular weight excluding hydrogens is 520 g/mol. The fourth-order valence-electron chi connectivity index (χ4n) is 12.8. The Morgan fingerprint density at radius 2 is 1.62 bits per heavy atom. The minimum Gasteiger partial charge on any atom is -0.481 e. The number of carbonyl (C=O) groups is 1. The molecule has 4 fully saturated rings.